The molecule has 1 aromatic carbocycles. The number of hydrogen-bond acceptors (Lipinski definition) is 1. The van der Waals surface area contributed by atoms with Crippen molar-refractivity contribution >= 4 is 23.2 Å². The second kappa shape index (κ2) is 5.79. The van der Waals surface area contributed by atoms with Crippen LogP contribution in [0.5, 0.6) is 0 Å². The molecule has 2 N–H and O–H groups in total. The largest absolute Gasteiger partial charge is 0.347 e. The highest BCUT2D eigenvalue weighted by molar-refractivity contribution is 6.35. The lowest BCUT2D eigenvalue weighted by atomic mass is 10.2. The molecule has 1 heterocycles. The van der Waals surface area contributed by atoms with Gasteiger partial charge in [0.2, 0.25) is 0 Å². The van der Waals surface area contributed by atoms with E-state index in [1.54, 1.807) is 6.07 Å². The summed E-state index contributed by atoms with van der Waals surface area (Å²) in [5, 5.41) is 1.36. The summed E-state index contributed by atoms with van der Waals surface area (Å²) in [7, 11) is 0. The van der Waals surface area contributed by atoms with Gasteiger partial charge in [0.15, 0.2) is 0 Å². The van der Waals surface area contributed by atoms with Gasteiger partial charge in [-0.1, -0.05) is 29.3 Å². The average molecular weight is 283 g/mol. The van der Waals surface area contributed by atoms with Crippen LogP contribution in [-0.4, -0.2) is 10.6 Å². The summed E-state index contributed by atoms with van der Waals surface area (Å²) in [6.45, 7) is 2.75. The molecule has 0 fully saturated rings. The van der Waals surface area contributed by atoms with Crippen molar-refractivity contribution in [2.75, 3.05) is 0 Å². The molecule has 2 nitrogen and oxygen atoms in total. The highest BCUT2D eigenvalue weighted by Gasteiger charge is 2.07. The summed E-state index contributed by atoms with van der Waals surface area (Å²) in [5.41, 5.74) is 8.12. The van der Waals surface area contributed by atoms with Gasteiger partial charge in [-0.3, -0.25) is 0 Å². The molecule has 0 aliphatic rings. The van der Waals surface area contributed by atoms with Crippen LogP contribution in [0.4, 0.5) is 0 Å². The fourth-order valence-corrected chi connectivity index (χ4v) is 2.42. The molecule has 0 saturated carbocycles. The number of hydrogen-bond donors (Lipinski definition) is 1. The molecule has 2 aromatic rings. The van der Waals surface area contributed by atoms with Gasteiger partial charge in [0.05, 0.1) is 0 Å². The Kier molecular flexibility index (Phi) is 4.33. The Labute approximate surface area is 117 Å². The van der Waals surface area contributed by atoms with E-state index in [1.807, 2.05) is 31.3 Å². The molecule has 0 radical (unpaired) electrons. The van der Waals surface area contributed by atoms with Gasteiger partial charge in [-0.25, -0.2) is 0 Å². The molecule has 96 valence electrons. The van der Waals surface area contributed by atoms with Crippen LogP contribution in [0, 0.1) is 0 Å². The molecule has 0 aliphatic heterocycles. The summed E-state index contributed by atoms with van der Waals surface area (Å²) < 4.78 is 2.17. The van der Waals surface area contributed by atoms with Gasteiger partial charge in [-0.05, 0) is 36.8 Å². The molecule has 1 aromatic heterocycles. The maximum atomic E-state index is 6.18. The van der Waals surface area contributed by atoms with Crippen LogP contribution in [0.3, 0.4) is 0 Å². The van der Waals surface area contributed by atoms with Crippen LogP contribution in [0.2, 0.25) is 10.0 Å². The molecular weight excluding hydrogens is 267 g/mol. The summed E-state index contributed by atoms with van der Waals surface area (Å²) in [6.07, 6.45) is 2.90. The van der Waals surface area contributed by atoms with Crippen LogP contribution in [0.25, 0.3) is 0 Å². The maximum absolute atomic E-state index is 6.18. The Hall–Kier alpha value is -0.960. The van der Waals surface area contributed by atoms with E-state index < -0.39 is 0 Å². The molecule has 0 aliphatic carbocycles. The molecule has 18 heavy (non-hydrogen) atoms. The average Bonchev–Trinajstić information content (AvgIpc) is 2.69. The van der Waals surface area contributed by atoms with Gasteiger partial charge >= 0.3 is 0 Å². The van der Waals surface area contributed by atoms with Crippen molar-refractivity contribution in [3.8, 4) is 0 Å². The van der Waals surface area contributed by atoms with Crippen LogP contribution in [0.15, 0.2) is 36.5 Å². The van der Waals surface area contributed by atoms with E-state index in [0.717, 1.165) is 18.5 Å². The van der Waals surface area contributed by atoms with Crippen LogP contribution in [0.1, 0.15) is 18.2 Å². The van der Waals surface area contributed by atoms with Crippen molar-refractivity contribution in [2.45, 2.75) is 25.9 Å². The zero-order valence-electron chi connectivity index (χ0n) is 10.2. The van der Waals surface area contributed by atoms with E-state index in [4.69, 9.17) is 28.9 Å². The zero-order chi connectivity index (χ0) is 13.1. The van der Waals surface area contributed by atoms with E-state index in [0.29, 0.717) is 10.0 Å². The molecule has 2 rings (SSSR count). The van der Waals surface area contributed by atoms with Crippen molar-refractivity contribution in [1.82, 2.24) is 4.57 Å². The fourth-order valence-electron chi connectivity index (χ4n) is 1.95. The number of nitrogens with two attached hydrogens (primary N) is 1. The Morgan fingerprint density at radius 1 is 1.28 bits per heavy atom. The Morgan fingerprint density at radius 2 is 2.06 bits per heavy atom. The van der Waals surface area contributed by atoms with Gasteiger partial charge in [-0.2, -0.15) is 0 Å². The minimum Gasteiger partial charge on any atom is -0.347 e. The highest BCUT2D eigenvalue weighted by Crippen LogP contribution is 2.22. The standard InChI is InChI=1S/C14H16Cl2N2/c1-10(17)7-13-3-2-6-18(13)9-11-4-5-12(15)8-14(11)16/h2-6,8,10H,7,9,17H2,1H3. The second-order valence-electron chi connectivity index (χ2n) is 4.54. The first-order valence-electron chi connectivity index (χ1n) is 5.90. The smallest absolute Gasteiger partial charge is 0.0487 e. The summed E-state index contributed by atoms with van der Waals surface area (Å²) in [4.78, 5) is 0. The third-order valence-electron chi connectivity index (χ3n) is 2.81. The van der Waals surface area contributed by atoms with Crippen molar-refractivity contribution in [3.63, 3.8) is 0 Å². The van der Waals surface area contributed by atoms with Gasteiger partial charge in [0.25, 0.3) is 0 Å². The molecule has 0 spiro atoms. The lowest BCUT2D eigenvalue weighted by Gasteiger charge is -2.12. The van der Waals surface area contributed by atoms with E-state index in [-0.39, 0.29) is 6.04 Å². The van der Waals surface area contributed by atoms with Crippen LogP contribution in [-0.2, 0) is 13.0 Å². The van der Waals surface area contributed by atoms with E-state index in [9.17, 15) is 0 Å². The summed E-state index contributed by atoms with van der Waals surface area (Å²) >= 11 is 12.1. The number of aromatic nitrogens is 1. The van der Waals surface area contributed by atoms with Crippen LogP contribution < -0.4 is 5.73 Å². The number of rotatable bonds is 4. The minimum absolute atomic E-state index is 0.152. The molecule has 4 heteroatoms. The third-order valence-corrected chi connectivity index (χ3v) is 3.40. The molecule has 0 bridgehead atoms. The summed E-state index contributed by atoms with van der Waals surface area (Å²) in [6, 6.07) is 9.86. The fraction of sp³-hybridized carbons (Fsp3) is 0.286. The third kappa shape index (κ3) is 3.29. The van der Waals surface area contributed by atoms with Crippen molar-refractivity contribution in [3.05, 3.63) is 57.8 Å². The molecule has 1 unspecified atom stereocenters. The highest BCUT2D eigenvalue weighted by atomic mass is 35.5. The first-order chi connectivity index (χ1) is 8.56. The first-order valence-corrected chi connectivity index (χ1v) is 6.65. The Balaban J connectivity index is 2.21. The van der Waals surface area contributed by atoms with E-state index in [1.165, 1.54) is 5.69 Å². The monoisotopic (exact) mass is 282 g/mol. The lowest BCUT2D eigenvalue weighted by molar-refractivity contribution is 0.666. The van der Waals surface area contributed by atoms with Crippen LogP contribution >= 0.6 is 23.2 Å². The zero-order valence-corrected chi connectivity index (χ0v) is 11.7. The van der Waals surface area contributed by atoms with Crippen molar-refractivity contribution in [1.29, 1.82) is 0 Å². The topological polar surface area (TPSA) is 30.9 Å². The SMILES string of the molecule is CC(N)Cc1cccn1Cc1ccc(Cl)cc1Cl. The van der Waals surface area contributed by atoms with Crippen molar-refractivity contribution < 1.29 is 0 Å². The molecular formula is C14H16Cl2N2. The Bertz CT molecular complexity index is 532. The quantitative estimate of drug-likeness (QED) is 0.910. The lowest BCUT2D eigenvalue weighted by Crippen LogP contribution is -2.20. The molecule has 0 amide bonds. The molecule has 1 atom stereocenters. The Morgan fingerprint density at radius 3 is 2.72 bits per heavy atom. The van der Waals surface area contributed by atoms with Crippen molar-refractivity contribution in [2.24, 2.45) is 5.73 Å². The van der Waals surface area contributed by atoms with E-state index >= 15 is 0 Å². The number of benzene rings is 1. The van der Waals surface area contributed by atoms with Gasteiger partial charge in [0.1, 0.15) is 0 Å². The van der Waals surface area contributed by atoms with Gasteiger partial charge < -0.3 is 10.3 Å². The molecule has 0 saturated heterocycles. The van der Waals surface area contributed by atoms with Gasteiger partial charge in [0, 0.05) is 40.9 Å². The second-order valence-corrected chi connectivity index (χ2v) is 5.39. The first kappa shape index (κ1) is 13.5. The van der Waals surface area contributed by atoms with E-state index in [2.05, 4.69) is 10.6 Å². The number of halogens is 2. The maximum Gasteiger partial charge on any atom is 0.0487 e. The number of nitrogens with zero attached hydrogens (tertiary/aromatic N) is 1. The predicted molar refractivity (Wildman–Crippen MR) is 77.3 cm³/mol. The predicted octanol–water partition coefficient (Wildman–Crippen LogP) is 3.73. The van der Waals surface area contributed by atoms with Gasteiger partial charge in [-0.15, -0.1) is 0 Å². The summed E-state index contributed by atoms with van der Waals surface area (Å²) in [5.74, 6) is 0. The normalized spacial score (nSPS) is 12.7. The minimum atomic E-state index is 0.152.